The zero-order valence-corrected chi connectivity index (χ0v) is 10.7. The van der Waals surface area contributed by atoms with E-state index in [1.54, 1.807) is 0 Å². The number of hydrogen-bond acceptors (Lipinski definition) is 1. The largest absolute Gasteiger partial charge is 0.327 e. The topological polar surface area (TPSA) is 26.0 Å². The van der Waals surface area contributed by atoms with E-state index in [-0.39, 0.29) is 5.41 Å². The van der Waals surface area contributed by atoms with Gasteiger partial charge in [0.05, 0.1) is 0 Å². The van der Waals surface area contributed by atoms with Crippen LogP contribution in [0.5, 0.6) is 0 Å². The van der Waals surface area contributed by atoms with Crippen molar-refractivity contribution >= 4 is 10.8 Å². The van der Waals surface area contributed by atoms with Gasteiger partial charge < -0.3 is 5.73 Å². The quantitative estimate of drug-likeness (QED) is 0.788. The molecule has 0 aromatic heterocycles. The van der Waals surface area contributed by atoms with Gasteiger partial charge in [-0.2, -0.15) is 0 Å². The Morgan fingerprint density at radius 3 is 2.18 bits per heavy atom. The lowest BCUT2D eigenvalue weighted by molar-refractivity contribution is 0.600. The third kappa shape index (κ3) is 1.42. The van der Waals surface area contributed by atoms with Crippen molar-refractivity contribution in [2.24, 2.45) is 11.1 Å². The Morgan fingerprint density at radius 2 is 1.59 bits per heavy atom. The van der Waals surface area contributed by atoms with Gasteiger partial charge in [0, 0.05) is 12.0 Å². The van der Waals surface area contributed by atoms with E-state index in [4.69, 9.17) is 5.73 Å². The Morgan fingerprint density at radius 1 is 1.00 bits per heavy atom. The molecule has 0 bridgehead atoms. The van der Waals surface area contributed by atoms with Gasteiger partial charge in [-0.25, -0.2) is 0 Å². The summed E-state index contributed by atoms with van der Waals surface area (Å²) in [4.78, 5) is 0. The third-order valence-electron chi connectivity index (χ3n) is 4.42. The van der Waals surface area contributed by atoms with Gasteiger partial charge in [0.2, 0.25) is 0 Å². The number of rotatable bonds is 1. The Bertz CT molecular complexity index is 583. The number of benzene rings is 2. The molecular formula is C16H19N. The monoisotopic (exact) mass is 225 g/mol. The Hall–Kier alpha value is -1.34. The minimum atomic E-state index is 0.248. The predicted molar refractivity (Wildman–Crippen MR) is 73.2 cm³/mol. The fraction of sp³-hybridized carbons (Fsp3) is 0.375. The van der Waals surface area contributed by atoms with Crippen LogP contribution in [0.3, 0.4) is 0 Å². The first-order valence-corrected chi connectivity index (χ1v) is 6.27. The van der Waals surface area contributed by atoms with Crippen molar-refractivity contribution in [1.82, 2.24) is 0 Å². The molecule has 1 fully saturated rings. The number of aryl methyl sites for hydroxylation is 1. The molecule has 88 valence electrons. The fourth-order valence-corrected chi connectivity index (χ4v) is 3.02. The van der Waals surface area contributed by atoms with Crippen LogP contribution in [-0.4, -0.2) is 6.04 Å². The highest BCUT2D eigenvalue weighted by Gasteiger charge is 2.56. The van der Waals surface area contributed by atoms with Crippen LogP contribution < -0.4 is 5.73 Å². The standard InChI is InChI=1S/C16H19N/c1-10-8-9-13(14-15(17)16(14,2)3)12-7-5-4-6-11(10)12/h4-9,14-15H,17H2,1-3H3/t14-,15-/m0/s1. The van der Waals surface area contributed by atoms with E-state index in [9.17, 15) is 0 Å². The average Bonchev–Trinajstić information content (AvgIpc) is 2.80. The molecule has 1 aliphatic rings. The molecule has 2 N–H and O–H groups in total. The lowest BCUT2D eigenvalue weighted by Gasteiger charge is -2.10. The lowest BCUT2D eigenvalue weighted by Crippen LogP contribution is -2.06. The SMILES string of the molecule is Cc1ccc([C@H]2[C@H](N)C2(C)C)c2ccccc12. The molecule has 0 unspecified atom stereocenters. The number of hydrogen-bond donors (Lipinski definition) is 1. The fourth-order valence-electron chi connectivity index (χ4n) is 3.02. The van der Waals surface area contributed by atoms with Crippen molar-refractivity contribution in [3.05, 3.63) is 47.5 Å². The van der Waals surface area contributed by atoms with Gasteiger partial charge in [-0.05, 0) is 34.2 Å². The molecule has 2 aromatic rings. The van der Waals surface area contributed by atoms with E-state index in [0.717, 1.165) is 0 Å². The first-order valence-electron chi connectivity index (χ1n) is 6.27. The van der Waals surface area contributed by atoms with Crippen molar-refractivity contribution in [3.63, 3.8) is 0 Å². The average molecular weight is 225 g/mol. The van der Waals surface area contributed by atoms with Crippen molar-refractivity contribution in [3.8, 4) is 0 Å². The molecule has 0 heterocycles. The van der Waals surface area contributed by atoms with Gasteiger partial charge in [0.25, 0.3) is 0 Å². The first-order chi connectivity index (χ1) is 8.03. The summed E-state index contributed by atoms with van der Waals surface area (Å²) in [6.07, 6.45) is 0. The maximum atomic E-state index is 6.21. The van der Waals surface area contributed by atoms with Gasteiger partial charge >= 0.3 is 0 Å². The number of fused-ring (bicyclic) bond motifs is 1. The van der Waals surface area contributed by atoms with Crippen LogP contribution in [0.4, 0.5) is 0 Å². The summed E-state index contributed by atoms with van der Waals surface area (Å²) in [5.41, 5.74) is 9.22. The maximum absolute atomic E-state index is 6.21. The summed E-state index contributed by atoms with van der Waals surface area (Å²) in [6.45, 7) is 6.69. The van der Waals surface area contributed by atoms with Crippen LogP contribution in [0.25, 0.3) is 10.8 Å². The van der Waals surface area contributed by atoms with Crippen LogP contribution in [0, 0.1) is 12.3 Å². The van der Waals surface area contributed by atoms with Crippen LogP contribution in [-0.2, 0) is 0 Å². The van der Waals surface area contributed by atoms with E-state index in [1.807, 2.05) is 0 Å². The molecule has 2 aromatic carbocycles. The van der Waals surface area contributed by atoms with E-state index in [2.05, 4.69) is 57.2 Å². The van der Waals surface area contributed by atoms with E-state index < -0.39 is 0 Å². The summed E-state index contributed by atoms with van der Waals surface area (Å²) in [6, 6.07) is 13.4. The highest BCUT2D eigenvalue weighted by Crippen LogP contribution is 2.58. The molecule has 0 radical (unpaired) electrons. The Balaban J connectivity index is 2.23. The number of nitrogens with two attached hydrogens (primary N) is 1. The second-order valence-electron chi connectivity index (χ2n) is 5.84. The van der Waals surface area contributed by atoms with Gasteiger partial charge in [-0.15, -0.1) is 0 Å². The summed E-state index contributed by atoms with van der Waals surface area (Å²) in [5.74, 6) is 0.507. The van der Waals surface area contributed by atoms with Crippen LogP contribution in [0.1, 0.15) is 30.9 Å². The summed E-state index contributed by atoms with van der Waals surface area (Å²) in [5, 5.41) is 2.73. The van der Waals surface area contributed by atoms with Crippen molar-refractivity contribution in [2.45, 2.75) is 32.7 Å². The van der Waals surface area contributed by atoms with E-state index >= 15 is 0 Å². The van der Waals surface area contributed by atoms with Crippen molar-refractivity contribution in [2.75, 3.05) is 0 Å². The van der Waals surface area contributed by atoms with Crippen molar-refractivity contribution < 1.29 is 0 Å². The predicted octanol–water partition coefficient (Wildman–Crippen LogP) is 3.60. The Labute approximate surface area is 103 Å². The second kappa shape index (κ2) is 3.33. The summed E-state index contributed by atoms with van der Waals surface area (Å²) >= 11 is 0. The highest BCUT2D eigenvalue weighted by molar-refractivity contribution is 5.89. The second-order valence-corrected chi connectivity index (χ2v) is 5.84. The van der Waals surface area contributed by atoms with Gasteiger partial charge in [-0.1, -0.05) is 50.2 Å². The van der Waals surface area contributed by atoms with Crippen LogP contribution >= 0.6 is 0 Å². The molecule has 1 nitrogen and oxygen atoms in total. The molecule has 1 aliphatic carbocycles. The van der Waals surface area contributed by atoms with Crippen LogP contribution in [0.2, 0.25) is 0 Å². The molecule has 0 saturated heterocycles. The molecule has 2 atom stereocenters. The minimum absolute atomic E-state index is 0.248. The van der Waals surface area contributed by atoms with Gasteiger partial charge in [0.1, 0.15) is 0 Å². The molecule has 1 heteroatoms. The molecule has 0 aliphatic heterocycles. The normalized spacial score (nSPS) is 26.1. The van der Waals surface area contributed by atoms with Gasteiger partial charge in [0.15, 0.2) is 0 Å². The van der Waals surface area contributed by atoms with E-state index in [1.165, 1.54) is 21.9 Å². The van der Waals surface area contributed by atoms with Gasteiger partial charge in [-0.3, -0.25) is 0 Å². The van der Waals surface area contributed by atoms with Crippen molar-refractivity contribution in [1.29, 1.82) is 0 Å². The molecule has 0 amide bonds. The van der Waals surface area contributed by atoms with E-state index in [0.29, 0.717) is 12.0 Å². The highest BCUT2D eigenvalue weighted by atomic mass is 14.8. The van der Waals surface area contributed by atoms with Crippen LogP contribution in [0.15, 0.2) is 36.4 Å². The smallest absolute Gasteiger partial charge is 0.0172 e. The maximum Gasteiger partial charge on any atom is 0.0172 e. The molecule has 17 heavy (non-hydrogen) atoms. The summed E-state index contributed by atoms with van der Waals surface area (Å²) < 4.78 is 0. The zero-order valence-electron chi connectivity index (χ0n) is 10.7. The zero-order chi connectivity index (χ0) is 12.2. The molecular weight excluding hydrogens is 206 g/mol. The molecule has 1 saturated carbocycles. The Kier molecular flexibility index (Phi) is 2.11. The minimum Gasteiger partial charge on any atom is -0.327 e. The first kappa shape index (κ1) is 10.8. The third-order valence-corrected chi connectivity index (χ3v) is 4.42. The lowest BCUT2D eigenvalue weighted by atomic mass is 9.94. The summed E-state index contributed by atoms with van der Waals surface area (Å²) in [7, 11) is 0. The molecule has 3 rings (SSSR count). The molecule has 0 spiro atoms.